The molecular weight excluding hydrogens is 453 g/mol. The zero-order chi connectivity index (χ0) is 18.6. The first-order chi connectivity index (χ1) is 12.7. The number of aromatic nitrogens is 2. The molecular formula is C20H38IN5O. The van der Waals surface area contributed by atoms with Crippen LogP contribution in [-0.4, -0.2) is 41.3 Å². The molecule has 2 N–H and O–H groups in total. The van der Waals surface area contributed by atoms with Crippen molar-refractivity contribution in [3.8, 4) is 0 Å². The van der Waals surface area contributed by atoms with Gasteiger partial charge in [-0.05, 0) is 32.1 Å². The van der Waals surface area contributed by atoms with Crippen molar-refractivity contribution < 1.29 is 4.74 Å². The van der Waals surface area contributed by atoms with Crippen LogP contribution in [0.4, 0.5) is 0 Å². The number of aliphatic imine (C=N–C) groups is 1. The molecule has 1 saturated carbocycles. The normalized spacial score (nSPS) is 15.6. The van der Waals surface area contributed by atoms with E-state index in [1.165, 1.54) is 32.1 Å². The van der Waals surface area contributed by atoms with Crippen molar-refractivity contribution >= 4 is 29.9 Å². The summed E-state index contributed by atoms with van der Waals surface area (Å²) in [5, 5.41) is 6.71. The summed E-state index contributed by atoms with van der Waals surface area (Å²) in [6.07, 6.45) is 11.9. The Bertz CT molecular complexity index is 526. The molecule has 0 aliphatic heterocycles. The van der Waals surface area contributed by atoms with Crippen LogP contribution in [0.25, 0.3) is 0 Å². The lowest BCUT2D eigenvalue weighted by atomic mass is 9.98. The maximum absolute atomic E-state index is 5.98. The first-order valence-electron chi connectivity index (χ1n) is 10.3. The molecule has 7 heteroatoms. The average molecular weight is 491 g/mol. The Balaban J connectivity index is 0.00000364. The molecule has 1 aliphatic rings. The number of halogens is 1. The third-order valence-corrected chi connectivity index (χ3v) is 4.61. The fourth-order valence-electron chi connectivity index (χ4n) is 3.30. The minimum absolute atomic E-state index is 0. The lowest BCUT2D eigenvalue weighted by Gasteiger charge is -2.22. The summed E-state index contributed by atoms with van der Waals surface area (Å²) in [5.41, 5.74) is 0. The molecule has 1 heterocycles. The van der Waals surface area contributed by atoms with Crippen molar-refractivity contribution in [2.75, 3.05) is 19.7 Å². The maximum Gasteiger partial charge on any atom is 0.191 e. The van der Waals surface area contributed by atoms with Gasteiger partial charge in [0.05, 0.1) is 6.10 Å². The summed E-state index contributed by atoms with van der Waals surface area (Å²) in [5.74, 6) is 2.46. The monoisotopic (exact) mass is 491 g/mol. The topological polar surface area (TPSA) is 63.5 Å². The Morgan fingerprint density at radius 2 is 2.07 bits per heavy atom. The van der Waals surface area contributed by atoms with Gasteiger partial charge in [-0.2, -0.15) is 0 Å². The smallest absolute Gasteiger partial charge is 0.191 e. The zero-order valence-electron chi connectivity index (χ0n) is 17.2. The largest absolute Gasteiger partial charge is 0.378 e. The maximum atomic E-state index is 5.98. The van der Waals surface area contributed by atoms with E-state index in [4.69, 9.17) is 4.74 Å². The molecule has 0 amide bonds. The van der Waals surface area contributed by atoms with E-state index in [0.29, 0.717) is 18.6 Å². The quantitative estimate of drug-likeness (QED) is 0.225. The number of hydrogen-bond donors (Lipinski definition) is 2. The fourth-order valence-corrected chi connectivity index (χ4v) is 3.30. The summed E-state index contributed by atoms with van der Waals surface area (Å²) in [7, 11) is 0. The van der Waals surface area contributed by atoms with Crippen LogP contribution in [0.5, 0.6) is 0 Å². The van der Waals surface area contributed by atoms with Gasteiger partial charge in [-0.25, -0.2) is 9.98 Å². The Hall–Kier alpha value is -0.830. The molecule has 0 unspecified atom stereocenters. The van der Waals surface area contributed by atoms with E-state index in [9.17, 15) is 0 Å². The predicted molar refractivity (Wildman–Crippen MR) is 123 cm³/mol. The molecule has 0 saturated heterocycles. The first-order valence-corrected chi connectivity index (χ1v) is 10.3. The Morgan fingerprint density at radius 1 is 1.30 bits per heavy atom. The summed E-state index contributed by atoms with van der Waals surface area (Å²) in [6.45, 7) is 10.6. The van der Waals surface area contributed by atoms with E-state index in [1.807, 2.05) is 12.4 Å². The van der Waals surface area contributed by atoms with Crippen molar-refractivity contribution in [3.63, 3.8) is 0 Å². The second kappa shape index (κ2) is 14.2. The fraction of sp³-hybridized carbons (Fsp3) is 0.800. The molecule has 2 rings (SSSR count). The molecule has 156 valence electrons. The average Bonchev–Trinajstić information content (AvgIpc) is 3.06. The van der Waals surface area contributed by atoms with E-state index in [1.54, 1.807) is 0 Å². The van der Waals surface area contributed by atoms with Gasteiger partial charge >= 0.3 is 0 Å². The van der Waals surface area contributed by atoms with Crippen LogP contribution >= 0.6 is 24.0 Å². The number of hydrogen-bond acceptors (Lipinski definition) is 3. The van der Waals surface area contributed by atoms with Gasteiger partial charge < -0.3 is 19.9 Å². The van der Waals surface area contributed by atoms with Gasteiger partial charge in [-0.3, -0.25) is 0 Å². The van der Waals surface area contributed by atoms with Crippen molar-refractivity contribution in [1.82, 2.24) is 20.2 Å². The van der Waals surface area contributed by atoms with Crippen LogP contribution in [-0.2, 0) is 17.8 Å². The number of nitrogens with one attached hydrogen (secondary N) is 2. The lowest BCUT2D eigenvalue weighted by Crippen LogP contribution is -2.38. The molecule has 0 spiro atoms. The highest BCUT2D eigenvalue weighted by molar-refractivity contribution is 14.0. The second-order valence-electron chi connectivity index (χ2n) is 7.50. The SMILES string of the molecule is CCNC(=NCc1nccn1CC(C)C)NCCCOC1CCCCC1.I. The van der Waals surface area contributed by atoms with E-state index in [0.717, 1.165) is 44.4 Å². The lowest BCUT2D eigenvalue weighted by molar-refractivity contribution is 0.0277. The van der Waals surface area contributed by atoms with Crippen LogP contribution < -0.4 is 10.6 Å². The Labute approximate surface area is 182 Å². The molecule has 1 aromatic rings. The van der Waals surface area contributed by atoms with E-state index in [2.05, 4.69) is 45.9 Å². The van der Waals surface area contributed by atoms with Crippen molar-refractivity contribution in [2.24, 2.45) is 10.9 Å². The summed E-state index contributed by atoms with van der Waals surface area (Å²) in [4.78, 5) is 9.12. The van der Waals surface area contributed by atoms with Crippen LogP contribution in [0.2, 0.25) is 0 Å². The van der Waals surface area contributed by atoms with E-state index >= 15 is 0 Å². The molecule has 0 aromatic carbocycles. The summed E-state index contributed by atoms with van der Waals surface area (Å²) in [6, 6.07) is 0. The molecule has 1 fully saturated rings. The van der Waals surface area contributed by atoms with Crippen LogP contribution in [0.1, 0.15) is 65.1 Å². The highest BCUT2D eigenvalue weighted by Gasteiger charge is 2.13. The minimum atomic E-state index is 0. The molecule has 1 aliphatic carbocycles. The van der Waals surface area contributed by atoms with Crippen LogP contribution in [0.15, 0.2) is 17.4 Å². The van der Waals surface area contributed by atoms with Crippen LogP contribution in [0, 0.1) is 5.92 Å². The van der Waals surface area contributed by atoms with Gasteiger partial charge in [-0.1, -0.05) is 33.1 Å². The van der Waals surface area contributed by atoms with Crippen molar-refractivity contribution in [2.45, 2.75) is 78.5 Å². The third kappa shape index (κ3) is 9.78. The van der Waals surface area contributed by atoms with Gasteiger partial charge in [0, 0.05) is 38.6 Å². The molecule has 1 aromatic heterocycles. The molecule has 0 bridgehead atoms. The first kappa shape index (κ1) is 24.2. The molecule has 0 atom stereocenters. The number of guanidine groups is 1. The van der Waals surface area contributed by atoms with E-state index in [-0.39, 0.29) is 24.0 Å². The Morgan fingerprint density at radius 3 is 2.78 bits per heavy atom. The number of imidazole rings is 1. The third-order valence-electron chi connectivity index (χ3n) is 4.61. The number of nitrogens with zero attached hydrogens (tertiary/aromatic N) is 3. The summed E-state index contributed by atoms with van der Waals surface area (Å²) >= 11 is 0. The Kier molecular flexibility index (Phi) is 12.7. The highest BCUT2D eigenvalue weighted by atomic mass is 127. The van der Waals surface area contributed by atoms with E-state index < -0.39 is 0 Å². The summed E-state index contributed by atoms with van der Waals surface area (Å²) < 4.78 is 8.17. The zero-order valence-corrected chi connectivity index (χ0v) is 19.6. The van der Waals surface area contributed by atoms with Crippen molar-refractivity contribution in [3.05, 3.63) is 18.2 Å². The van der Waals surface area contributed by atoms with Gasteiger partial charge in [0.2, 0.25) is 0 Å². The predicted octanol–water partition coefficient (Wildman–Crippen LogP) is 3.95. The number of rotatable bonds is 10. The van der Waals surface area contributed by atoms with Gasteiger partial charge in [0.1, 0.15) is 12.4 Å². The van der Waals surface area contributed by atoms with Crippen LogP contribution in [0.3, 0.4) is 0 Å². The molecule has 6 nitrogen and oxygen atoms in total. The highest BCUT2D eigenvalue weighted by Crippen LogP contribution is 2.20. The van der Waals surface area contributed by atoms with Gasteiger partial charge in [0.25, 0.3) is 0 Å². The molecule has 0 radical (unpaired) electrons. The number of ether oxygens (including phenoxy) is 1. The minimum Gasteiger partial charge on any atom is -0.378 e. The molecule has 27 heavy (non-hydrogen) atoms. The van der Waals surface area contributed by atoms with Crippen molar-refractivity contribution in [1.29, 1.82) is 0 Å². The second-order valence-corrected chi connectivity index (χ2v) is 7.50. The van der Waals surface area contributed by atoms with Gasteiger partial charge in [-0.15, -0.1) is 24.0 Å². The standard InChI is InChI=1S/C20H37N5O.HI/c1-4-21-20(23-11-8-14-26-18-9-6-5-7-10-18)24-15-19-22-12-13-25(19)16-17(2)3;/h12-13,17-18H,4-11,14-16H2,1-3H3,(H2,21,23,24);1H. The van der Waals surface area contributed by atoms with Gasteiger partial charge in [0.15, 0.2) is 5.96 Å².